The molecule has 2 aromatic rings. The molecule has 3 nitrogen and oxygen atoms in total. The summed E-state index contributed by atoms with van der Waals surface area (Å²) in [5.41, 5.74) is -0.0567. The van der Waals surface area contributed by atoms with E-state index in [1.165, 1.54) is 18.2 Å². The summed E-state index contributed by atoms with van der Waals surface area (Å²) >= 11 is 5.75. The van der Waals surface area contributed by atoms with Crippen LogP contribution >= 0.6 is 11.6 Å². The molecule has 0 bridgehead atoms. The zero-order valence-electron chi connectivity index (χ0n) is 10.3. The smallest absolute Gasteiger partial charge is 0.254 e. The highest BCUT2D eigenvalue weighted by Gasteiger charge is 2.15. The fourth-order valence-corrected chi connectivity index (χ4v) is 1.93. The molecule has 1 aromatic carbocycles. The lowest BCUT2D eigenvalue weighted by Crippen LogP contribution is -2.34. The first-order chi connectivity index (χ1) is 9.06. The van der Waals surface area contributed by atoms with Gasteiger partial charge >= 0.3 is 0 Å². The number of amides is 1. The van der Waals surface area contributed by atoms with Crippen LogP contribution in [0.5, 0.6) is 0 Å². The molecule has 19 heavy (non-hydrogen) atoms. The first-order valence-corrected chi connectivity index (χ1v) is 6.22. The maximum Gasteiger partial charge on any atom is 0.254 e. The molecule has 1 amide bonds. The molecule has 0 fully saturated rings. The maximum absolute atomic E-state index is 13.5. The quantitative estimate of drug-likeness (QED) is 0.933. The van der Waals surface area contributed by atoms with Crippen molar-refractivity contribution in [2.75, 3.05) is 0 Å². The number of hydrogen-bond donors (Lipinski definition) is 1. The molecule has 0 aliphatic heterocycles. The number of furan rings is 1. The van der Waals surface area contributed by atoms with Crippen molar-refractivity contribution in [3.63, 3.8) is 0 Å². The Morgan fingerprint density at radius 2 is 2.26 bits per heavy atom. The molecule has 1 heterocycles. The van der Waals surface area contributed by atoms with Gasteiger partial charge in [-0.2, -0.15) is 0 Å². The van der Waals surface area contributed by atoms with E-state index in [1.807, 2.05) is 13.0 Å². The molecule has 0 saturated heterocycles. The number of carbonyl (C=O) groups is 1. The SMILES string of the molecule is CC(Cc1ccco1)NC(=O)c1cc(Cl)ccc1F. The van der Waals surface area contributed by atoms with Crippen molar-refractivity contribution in [2.45, 2.75) is 19.4 Å². The van der Waals surface area contributed by atoms with E-state index in [0.717, 1.165) is 5.76 Å². The first kappa shape index (κ1) is 13.6. The minimum Gasteiger partial charge on any atom is -0.469 e. The monoisotopic (exact) mass is 281 g/mol. The van der Waals surface area contributed by atoms with E-state index in [1.54, 1.807) is 12.3 Å². The molecule has 5 heteroatoms. The van der Waals surface area contributed by atoms with Crippen LogP contribution in [0.3, 0.4) is 0 Å². The molecule has 0 aliphatic carbocycles. The lowest BCUT2D eigenvalue weighted by molar-refractivity contribution is 0.0935. The van der Waals surface area contributed by atoms with Gasteiger partial charge < -0.3 is 9.73 Å². The molecule has 0 spiro atoms. The van der Waals surface area contributed by atoms with Gasteiger partial charge in [0, 0.05) is 17.5 Å². The van der Waals surface area contributed by atoms with Gasteiger partial charge in [-0.05, 0) is 37.3 Å². The molecular formula is C14H13ClFNO2. The van der Waals surface area contributed by atoms with Crippen molar-refractivity contribution in [1.29, 1.82) is 0 Å². The van der Waals surface area contributed by atoms with Gasteiger partial charge in [0.2, 0.25) is 0 Å². The summed E-state index contributed by atoms with van der Waals surface area (Å²) < 4.78 is 18.7. The van der Waals surface area contributed by atoms with E-state index in [-0.39, 0.29) is 11.6 Å². The van der Waals surface area contributed by atoms with Crippen molar-refractivity contribution in [2.24, 2.45) is 0 Å². The van der Waals surface area contributed by atoms with E-state index in [0.29, 0.717) is 11.4 Å². The van der Waals surface area contributed by atoms with Crippen molar-refractivity contribution >= 4 is 17.5 Å². The summed E-state index contributed by atoms with van der Waals surface area (Å²) in [5, 5.41) is 3.03. The summed E-state index contributed by atoms with van der Waals surface area (Å²) in [6.07, 6.45) is 2.11. The van der Waals surface area contributed by atoms with E-state index in [9.17, 15) is 9.18 Å². The Balaban J connectivity index is 2.02. The summed E-state index contributed by atoms with van der Waals surface area (Å²) in [6.45, 7) is 1.82. The molecule has 1 N–H and O–H groups in total. The van der Waals surface area contributed by atoms with Gasteiger partial charge in [0.25, 0.3) is 5.91 Å². The molecule has 1 unspecified atom stereocenters. The molecule has 1 aromatic heterocycles. The van der Waals surface area contributed by atoms with Gasteiger partial charge in [0.05, 0.1) is 11.8 Å². The van der Waals surface area contributed by atoms with Crippen LogP contribution in [0.1, 0.15) is 23.0 Å². The van der Waals surface area contributed by atoms with Crippen LogP contribution in [0.15, 0.2) is 41.0 Å². The van der Waals surface area contributed by atoms with Crippen LogP contribution in [0, 0.1) is 5.82 Å². The van der Waals surface area contributed by atoms with Gasteiger partial charge in [-0.25, -0.2) is 4.39 Å². The highest BCUT2D eigenvalue weighted by molar-refractivity contribution is 6.31. The summed E-state index contributed by atoms with van der Waals surface area (Å²) in [4.78, 5) is 11.9. The van der Waals surface area contributed by atoms with Gasteiger partial charge in [-0.3, -0.25) is 4.79 Å². The van der Waals surface area contributed by atoms with Crippen molar-refractivity contribution in [3.05, 3.63) is 58.8 Å². The van der Waals surface area contributed by atoms with Gasteiger partial charge in [0.15, 0.2) is 0 Å². The van der Waals surface area contributed by atoms with Crippen molar-refractivity contribution in [3.8, 4) is 0 Å². The van der Waals surface area contributed by atoms with Crippen LogP contribution in [-0.4, -0.2) is 11.9 Å². The highest BCUT2D eigenvalue weighted by Crippen LogP contribution is 2.15. The molecule has 1 atom stereocenters. The van der Waals surface area contributed by atoms with Gasteiger partial charge in [0.1, 0.15) is 11.6 Å². The van der Waals surface area contributed by atoms with Gasteiger partial charge in [-0.15, -0.1) is 0 Å². The van der Waals surface area contributed by atoms with Crippen LogP contribution in [0.25, 0.3) is 0 Å². The summed E-state index contributed by atoms with van der Waals surface area (Å²) in [7, 11) is 0. The Labute approximate surface area is 115 Å². The molecule has 0 aliphatic rings. The van der Waals surface area contributed by atoms with Crippen LogP contribution in [0.2, 0.25) is 5.02 Å². The number of nitrogens with one attached hydrogen (secondary N) is 1. The largest absolute Gasteiger partial charge is 0.469 e. The third-order valence-corrected chi connectivity index (χ3v) is 2.87. The minimum atomic E-state index is -0.591. The van der Waals surface area contributed by atoms with Crippen molar-refractivity contribution < 1.29 is 13.6 Å². The minimum absolute atomic E-state index is 0.0567. The van der Waals surface area contributed by atoms with Crippen LogP contribution < -0.4 is 5.32 Å². The average Bonchev–Trinajstić information content (AvgIpc) is 2.84. The molecule has 0 radical (unpaired) electrons. The summed E-state index contributed by atoms with van der Waals surface area (Å²) in [6, 6.07) is 7.32. The predicted octanol–water partition coefficient (Wildman–Crippen LogP) is 3.43. The average molecular weight is 282 g/mol. The Bertz CT molecular complexity index is 569. The zero-order chi connectivity index (χ0) is 13.8. The Morgan fingerprint density at radius 3 is 2.95 bits per heavy atom. The van der Waals surface area contributed by atoms with Crippen LogP contribution in [-0.2, 0) is 6.42 Å². The van der Waals surface area contributed by atoms with E-state index >= 15 is 0 Å². The Kier molecular flexibility index (Phi) is 4.22. The van der Waals surface area contributed by atoms with E-state index in [2.05, 4.69) is 5.32 Å². The fraction of sp³-hybridized carbons (Fsp3) is 0.214. The molecule has 0 saturated carbocycles. The number of carbonyl (C=O) groups excluding carboxylic acids is 1. The second kappa shape index (κ2) is 5.89. The normalized spacial score (nSPS) is 12.2. The topological polar surface area (TPSA) is 42.2 Å². The van der Waals surface area contributed by atoms with Gasteiger partial charge in [-0.1, -0.05) is 11.6 Å². The standard InChI is InChI=1S/C14H13ClFNO2/c1-9(7-11-3-2-6-19-11)17-14(18)12-8-10(15)4-5-13(12)16/h2-6,8-9H,7H2,1H3,(H,17,18). The van der Waals surface area contributed by atoms with Crippen molar-refractivity contribution in [1.82, 2.24) is 5.32 Å². The molecular weight excluding hydrogens is 269 g/mol. The second-order valence-electron chi connectivity index (χ2n) is 4.28. The highest BCUT2D eigenvalue weighted by atomic mass is 35.5. The Hall–Kier alpha value is -1.81. The van der Waals surface area contributed by atoms with E-state index < -0.39 is 11.7 Å². The zero-order valence-corrected chi connectivity index (χ0v) is 11.1. The number of benzene rings is 1. The maximum atomic E-state index is 13.5. The number of rotatable bonds is 4. The third kappa shape index (κ3) is 3.58. The third-order valence-electron chi connectivity index (χ3n) is 2.64. The molecule has 2 rings (SSSR count). The lowest BCUT2D eigenvalue weighted by atomic mass is 10.1. The number of halogens is 2. The fourth-order valence-electron chi connectivity index (χ4n) is 1.75. The van der Waals surface area contributed by atoms with E-state index in [4.69, 9.17) is 16.0 Å². The van der Waals surface area contributed by atoms with Crippen LogP contribution in [0.4, 0.5) is 4.39 Å². The predicted molar refractivity (Wildman–Crippen MR) is 70.8 cm³/mol. The lowest BCUT2D eigenvalue weighted by Gasteiger charge is -2.13. The first-order valence-electron chi connectivity index (χ1n) is 5.84. The number of hydrogen-bond acceptors (Lipinski definition) is 2. The molecule has 100 valence electrons. The summed E-state index contributed by atoms with van der Waals surface area (Å²) in [5.74, 6) is -0.314. The Morgan fingerprint density at radius 1 is 1.47 bits per heavy atom. The second-order valence-corrected chi connectivity index (χ2v) is 4.72.